The van der Waals surface area contributed by atoms with Gasteiger partial charge in [0.2, 0.25) is 0 Å². The molecular weight excluding hydrogens is 352 g/mol. The Hall–Kier alpha value is -0.900. The van der Waals surface area contributed by atoms with Crippen molar-refractivity contribution in [1.82, 2.24) is 0 Å². The van der Waals surface area contributed by atoms with Gasteiger partial charge >= 0.3 is 5.97 Å². The van der Waals surface area contributed by atoms with E-state index in [0.29, 0.717) is 30.0 Å². The van der Waals surface area contributed by atoms with Crippen molar-refractivity contribution in [1.29, 1.82) is 0 Å². The number of rotatable bonds is 5. The van der Waals surface area contributed by atoms with E-state index in [1.54, 1.807) is 14.0 Å². The van der Waals surface area contributed by atoms with E-state index in [-0.39, 0.29) is 23.4 Å². The number of hydrogen-bond donors (Lipinski definition) is 0. The van der Waals surface area contributed by atoms with E-state index in [2.05, 4.69) is 20.8 Å². The molecule has 0 N–H and O–H groups in total. The number of methoxy groups -OCH3 is 1. The highest BCUT2D eigenvalue weighted by molar-refractivity contribution is 5.86. The van der Waals surface area contributed by atoms with Crippen LogP contribution in [0, 0.1) is 34.5 Å². The van der Waals surface area contributed by atoms with Gasteiger partial charge in [-0.25, -0.2) is 0 Å². The van der Waals surface area contributed by atoms with Crippen LogP contribution < -0.4 is 0 Å². The molecule has 158 valence electrons. The Morgan fingerprint density at radius 3 is 2.14 bits per heavy atom. The number of ether oxygens (including phenoxy) is 2. The van der Waals surface area contributed by atoms with Gasteiger partial charge in [-0.05, 0) is 89.9 Å². The number of Topliss-reactive ketones (excluding diaryl/α,β-unsaturated/α-hetero) is 1. The summed E-state index contributed by atoms with van der Waals surface area (Å²) in [7, 11) is 1.78. The largest absolute Gasteiger partial charge is 0.459 e. The Balaban J connectivity index is 1.54. The summed E-state index contributed by atoms with van der Waals surface area (Å²) in [6.07, 6.45) is 9.10. The third-order valence-corrected chi connectivity index (χ3v) is 8.85. The monoisotopic (exact) mass is 390 g/mol. The highest BCUT2D eigenvalue weighted by Gasteiger charge is 2.63. The SMILES string of the molecule is COC1CC(C)CCC1C(C)(C)OC(=O)C12CC3CC(CC(C(C)=O)(C3)C1)C2. The van der Waals surface area contributed by atoms with E-state index >= 15 is 0 Å². The lowest BCUT2D eigenvalue weighted by Crippen LogP contribution is -2.59. The number of ketones is 1. The molecule has 0 saturated heterocycles. The van der Waals surface area contributed by atoms with Gasteiger partial charge in [0.25, 0.3) is 0 Å². The fraction of sp³-hybridized carbons (Fsp3) is 0.917. The first kappa shape index (κ1) is 20.4. The van der Waals surface area contributed by atoms with Crippen LogP contribution in [-0.2, 0) is 19.1 Å². The van der Waals surface area contributed by atoms with Gasteiger partial charge in [0.1, 0.15) is 11.4 Å². The minimum Gasteiger partial charge on any atom is -0.459 e. The van der Waals surface area contributed by atoms with E-state index in [4.69, 9.17) is 9.47 Å². The van der Waals surface area contributed by atoms with Gasteiger partial charge in [-0.15, -0.1) is 0 Å². The van der Waals surface area contributed by atoms with Crippen LogP contribution in [0.15, 0.2) is 0 Å². The molecule has 5 atom stereocenters. The second-order valence-electron chi connectivity index (χ2n) is 11.4. The van der Waals surface area contributed by atoms with Crippen LogP contribution in [0.5, 0.6) is 0 Å². The molecule has 0 heterocycles. The summed E-state index contributed by atoms with van der Waals surface area (Å²) >= 11 is 0. The van der Waals surface area contributed by atoms with Crippen LogP contribution in [0.3, 0.4) is 0 Å². The molecule has 5 aliphatic carbocycles. The molecule has 4 heteroatoms. The van der Waals surface area contributed by atoms with E-state index in [1.165, 1.54) is 6.42 Å². The van der Waals surface area contributed by atoms with Crippen LogP contribution in [0.1, 0.15) is 85.5 Å². The summed E-state index contributed by atoms with van der Waals surface area (Å²) in [4.78, 5) is 26.1. The fourth-order valence-electron chi connectivity index (χ4n) is 7.72. The molecule has 5 saturated carbocycles. The molecule has 0 spiro atoms. The van der Waals surface area contributed by atoms with Gasteiger partial charge in [-0.3, -0.25) is 9.59 Å². The number of carbonyl (C=O) groups is 2. The standard InChI is InChI=1S/C24H38O4/c1-15-6-7-19(20(8-15)27-5)22(3,4)28-21(26)24-12-17-9-18(13-24)11-23(10-17,14-24)16(2)25/h15,17-20H,6-14H2,1-5H3. The molecule has 5 aliphatic rings. The van der Waals surface area contributed by atoms with Crippen LogP contribution in [0.4, 0.5) is 0 Å². The molecule has 5 rings (SSSR count). The molecule has 0 aromatic heterocycles. The first-order valence-corrected chi connectivity index (χ1v) is 11.4. The second-order valence-corrected chi connectivity index (χ2v) is 11.4. The molecule has 0 aromatic carbocycles. The molecule has 4 bridgehead atoms. The summed E-state index contributed by atoms with van der Waals surface area (Å²) in [6.45, 7) is 8.15. The zero-order valence-electron chi connectivity index (χ0n) is 18.4. The summed E-state index contributed by atoms with van der Waals surface area (Å²) in [5, 5.41) is 0. The Morgan fingerprint density at radius 1 is 0.964 bits per heavy atom. The maximum atomic E-state index is 13.6. The van der Waals surface area contributed by atoms with Crippen molar-refractivity contribution in [2.24, 2.45) is 34.5 Å². The third kappa shape index (κ3) is 3.24. The van der Waals surface area contributed by atoms with E-state index < -0.39 is 11.0 Å². The number of hydrogen-bond acceptors (Lipinski definition) is 4. The van der Waals surface area contributed by atoms with Crippen LogP contribution in [0.2, 0.25) is 0 Å². The zero-order chi connectivity index (χ0) is 20.3. The van der Waals surface area contributed by atoms with Crippen LogP contribution in [0.25, 0.3) is 0 Å². The second kappa shape index (κ2) is 6.82. The van der Waals surface area contributed by atoms with E-state index in [1.807, 2.05) is 0 Å². The molecule has 0 amide bonds. The summed E-state index contributed by atoms with van der Waals surface area (Å²) in [5.41, 5.74) is -1.23. The predicted octanol–water partition coefficient (Wildman–Crippen LogP) is 4.94. The lowest BCUT2D eigenvalue weighted by atomic mass is 9.43. The maximum Gasteiger partial charge on any atom is 0.312 e. The van der Waals surface area contributed by atoms with Gasteiger partial charge in [-0.2, -0.15) is 0 Å². The number of esters is 1. The first-order chi connectivity index (χ1) is 13.1. The fourth-order valence-corrected chi connectivity index (χ4v) is 7.72. The average Bonchev–Trinajstić information content (AvgIpc) is 2.59. The van der Waals surface area contributed by atoms with Crippen molar-refractivity contribution in [3.05, 3.63) is 0 Å². The van der Waals surface area contributed by atoms with Crippen molar-refractivity contribution in [3.63, 3.8) is 0 Å². The Labute approximate surface area is 170 Å². The zero-order valence-corrected chi connectivity index (χ0v) is 18.4. The molecule has 5 fully saturated rings. The highest BCUT2D eigenvalue weighted by Crippen LogP contribution is 2.66. The minimum absolute atomic E-state index is 0.0364. The van der Waals surface area contributed by atoms with Gasteiger partial charge in [0.05, 0.1) is 11.5 Å². The van der Waals surface area contributed by atoms with E-state index in [9.17, 15) is 9.59 Å². The Bertz CT molecular complexity index is 637. The normalized spacial score (nSPS) is 45.1. The molecule has 0 aliphatic heterocycles. The van der Waals surface area contributed by atoms with Crippen molar-refractivity contribution in [3.8, 4) is 0 Å². The summed E-state index contributed by atoms with van der Waals surface area (Å²) < 4.78 is 12.1. The van der Waals surface area contributed by atoms with Crippen LogP contribution >= 0.6 is 0 Å². The lowest BCUT2D eigenvalue weighted by Gasteiger charge is -2.60. The smallest absolute Gasteiger partial charge is 0.312 e. The summed E-state index contributed by atoms with van der Waals surface area (Å²) in [5.74, 6) is 2.18. The molecular formula is C24H38O4. The third-order valence-electron chi connectivity index (χ3n) is 8.85. The van der Waals surface area contributed by atoms with Gasteiger partial charge in [0.15, 0.2) is 0 Å². The van der Waals surface area contributed by atoms with Crippen molar-refractivity contribution >= 4 is 11.8 Å². The van der Waals surface area contributed by atoms with Gasteiger partial charge in [-0.1, -0.05) is 13.3 Å². The topological polar surface area (TPSA) is 52.6 Å². The van der Waals surface area contributed by atoms with Crippen LogP contribution in [-0.4, -0.2) is 30.6 Å². The Kier molecular flexibility index (Phi) is 4.96. The van der Waals surface area contributed by atoms with Gasteiger partial charge < -0.3 is 9.47 Å². The Morgan fingerprint density at radius 2 is 1.57 bits per heavy atom. The lowest BCUT2D eigenvalue weighted by molar-refractivity contribution is -0.202. The van der Waals surface area contributed by atoms with Gasteiger partial charge in [0, 0.05) is 18.4 Å². The van der Waals surface area contributed by atoms with E-state index in [0.717, 1.165) is 44.9 Å². The van der Waals surface area contributed by atoms with Crippen molar-refractivity contribution in [2.45, 2.75) is 97.2 Å². The molecule has 4 nitrogen and oxygen atoms in total. The van der Waals surface area contributed by atoms with Crippen molar-refractivity contribution in [2.75, 3.05) is 7.11 Å². The first-order valence-electron chi connectivity index (χ1n) is 11.4. The predicted molar refractivity (Wildman–Crippen MR) is 108 cm³/mol. The number of carbonyl (C=O) groups excluding carboxylic acids is 2. The molecule has 0 aromatic rings. The summed E-state index contributed by atoms with van der Waals surface area (Å²) in [6, 6.07) is 0. The minimum atomic E-state index is -0.537. The maximum absolute atomic E-state index is 13.6. The highest BCUT2D eigenvalue weighted by atomic mass is 16.6. The molecule has 28 heavy (non-hydrogen) atoms. The average molecular weight is 391 g/mol. The molecule has 5 unspecified atom stereocenters. The quantitative estimate of drug-likeness (QED) is 0.624. The van der Waals surface area contributed by atoms with Crippen molar-refractivity contribution < 1.29 is 19.1 Å². The molecule has 0 radical (unpaired) electrons.